The van der Waals surface area contributed by atoms with Crippen LogP contribution in [0.2, 0.25) is 0 Å². The monoisotopic (exact) mass is 458 g/mol. The molecule has 170 valence electrons. The molecular weight excluding hydrogens is 431 g/mol. The molecule has 0 aliphatic carbocycles. The van der Waals surface area contributed by atoms with Gasteiger partial charge in [-0.25, -0.2) is 17.6 Å². The molecule has 1 heterocycles. The molecule has 0 saturated heterocycles. The normalized spacial score (nSPS) is 11.7. The molecule has 0 aliphatic rings. The van der Waals surface area contributed by atoms with Crippen LogP contribution in [0.4, 0.5) is 4.39 Å². The highest BCUT2D eigenvalue weighted by Gasteiger charge is 2.28. The summed E-state index contributed by atoms with van der Waals surface area (Å²) in [4.78, 5) is 15.3. The van der Waals surface area contributed by atoms with Gasteiger partial charge in [0.25, 0.3) is 0 Å². The van der Waals surface area contributed by atoms with Gasteiger partial charge in [0, 0.05) is 18.8 Å². The standard InChI is InChI=1S/C24H27FN2O4S/c1-5-31-24(28)23-17(3)22(18(4)26-23)15-27(14-19-8-6-16(2)7-9-19)32(29,30)21-12-10-20(25)11-13-21/h6-13,26H,5,14-15H2,1-4H3. The van der Waals surface area contributed by atoms with Gasteiger partial charge in [-0.15, -0.1) is 0 Å². The number of rotatable bonds is 8. The predicted octanol–water partition coefficient (Wildman–Crippen LogP) is 4.65. The summed E-state index contributed by atoms with van der Waals surface area (Å²) in [6, 6.07) is 12.4. The minimum atomic E-state index is -3.94. The Morgan fingerprint density at radius 3 is 2.22 bits per heavy atom. The number of hydrogen-bond donors (Lipinski definition) is 1. The number of hydrogen-bond acceptors (Lipinski definition) is 4. The Hall–Kier alpha value is -2.97. The molecular formula is C24H27FN2O4S. The van der Waals surface area contributed by atoms with E-state index in [1.165, 1.54) is 16.4 Å². The number of H-pyrrole nitrogens is 1. The van der Waals surface area contributed by atoms with E-state index in [2.05, 4.69) is 4.98 Å². The number of carbonyl (C=O) groups excluding carboxylic acids is 1. The number of aromatic nitrogens is 1. The van der Waals surface area contributed by atoms with Crippen molar-refractivity contribution in [2.24, 2.45) is 0 Å². The average molecular weight is 459 g/mol. The fraction of sp³-hybridized carbons (Fsp3) is 0.292. The van der Waals surface area contributed by atoms with Gasteiger partial charge in [0.15, 0.2) is 0 Å². The van der Waals surface area contributed by atoms with Crippen molar-refractivity contribution < 1.29 is 22.3 Å². The van der Waals surface area contributed by atoms with Gasteiger partial charge >= 0.3 is 5.97 Å². The Bertz CT molecular complexity index is 1200. The Kier molecular flexibility index (Phi) is 7.16. The first-order valence-corrected chi connectivity index (χ1v) is 11.7. The number of nitrogens with one attached hydrogen (secondary N) is 1. The second-order valence-corrected chi connectivity index (χ2v) is 9.60. The molecule has 6 nitrogen and oxygen atoms in total. The maximum absolute atomic E-state index is 13.5. The lowest BCUT2D eigenvalue weighted by Gasteiger charge is -2.23. The van der Waals surface area contributed by atoms with E-state index in [0.717, 1.165) is 23.3 Å². The molecule has 0 fully saturated rings. The van der Waals surface area contributed by atoms with Gasteiger partial charge in [0.2, 0.25) is 10.0 Å². The minimum Gasteiger partial charge on any atom is -0.461 e. The van der Waals surface area contributed by atoms with E-state index in [1.807, 2.05) is 31.2 Å². The molecule has 2 aromatic carbocycles. The number of ether oxygens (including phenoxy) is 1. The second kappa shape index (κ2) is 9.67. The van der Waals surface area contributed by atoms with Gasteiger partial charge in [0.1, 0.15) is 11.5 Å². The summed E-state index contributed by atoms with van der Waals surface area (Å²) >= 11 is 0. The van der Waals surface area contributed by atoms with E-state index >= 15 is 0 Å². The number of nitrogens with zero attached hydrogens (tertiary/aromatic N) is 1. The van der Waals surface area contributed by atoms with Crippen LogP contribution in [0.1, 0.15) is 45.4 Å². The molecule has 0 radical (unpaired) electrons. The second-order valence-electron chi connectivity index (χ2n) is 7.66. The summed E-state index contributed by atoms with van der Waals surface area (Å²) in [6.07, 6.45) is 0. The number of halogens is 1. The first-order valence-electron chi connectivity index (χ1n) is 10.3. The summed E-state index contributed by atoms with van der Waals surface area (Å²) in [5.74, 6) is -0.990. The van der Waals surface area contributed by atoms with Crippen LogP contribution in [0, 0.1) is 26.6 Å². The van der Waals surface area contributed by atoms with Crippen LogP contribution in [0.15, 0.2) is 53.4 Å². The molecule has 8 heteroatoms. The molecule has 0 amide bonds. The van der Waals surface area contributed by atoms with Gasteiger partial charge in [-0.3, -0.25) is 0 Å². The highest BCUT2D eigenvalue weighted by atomic mass is 32.2. The molecule has 32 heavy (non-hydrogen) atoms. The lowest BCUT2D eigenvalue weighted by molar-refractivity contribution is 0.0519. The highest BCUT2D eigenvalue weighted by Crippen LogP contribution is 2.26. The van der Waals surface area contributed by atoms with Gasteiger partial charge in [0.05, 0.1) is 11.5 Å². The maximum Gasteiger partial charge on any atom is 0.355 e. The summed E-state index contributed by atoms with van der Waals surface area (Å²) < 4.78 is 46.8. The number of sulfonamides is 1. The number of esters is 1. The van der Waals surface area contributed by atoms with Crippen LogP contribution < -0.4 is 0 Å². The van der Waals surface area contributed by atoms with E-state index in [9.17, 15) is 17.6 Å². The van der Waals surface area contributed by atoms with Gasteiger partial charge in [-0.05, 0) is 68.7 Å². The Morgan fingerprint density at radius 1 is 1.00 bits per heavy atom. The number of aromatic amines is 1. The van der Waals surface area contributed by atoms with Crippen LogP contribution in [0.5, 0.6) is 0 Å². The molecule has 1 N–H and O–H groups in total. The van der Waals surface area contributed by atoms with Crippen LogP contribution in [0.25, 0.3) is 0 Å². The zero-order valence-corrected chi connectivity index (χ0v) is 19.4. The van der Waals surface area contributed by atoms with Gasteiger partial charge < -0.3 is 9.72 Å². The molecule has 0 atom stereocenters. The largest absolute Gasteiger partial charge is 0.461 e. The summed E-state index contributed by atoms with van der Waals surface area (Å²) in [7, 11) is -3.94. The van der Waals surface area contributed by atoms with Crippen molar-refractivity contribution in [1.82, 2.24) is 9.29 Å². The fourth-order valence-electron chi connectivity index (χ4n) is 3.49. The Labute approximate surface area is 188 Å². The molecule has 3 rings (SSSR count). The van der Waals surface area contributed by atoms with Crippen molar-refractivity contribution >= 4 is 16.0 Å². The van der Waals surface area contributed by atoms with Gasteiger partial charge in [-0.2, -0.15) is 4.31 Å². The third-order valence-corrected chi connectivity index (χ3v) is 7.14. The van der Waals surface area contributed by atoms with Crippen LogP contribution in [-0.4, -0.2) is 30.3 Å². The van der Waals surface area contributed by atoms with Crippen molar-refractivity contribution in [1.29, 1.82) is 0 Å². The van der Waals surface area contributed by atoms with Crippen molar-refractivity contribution in [3.8, 4) is 0 Å². The van der Waals surface area contributed by atoms with E-state index in [-0.39, 0.29) is 24.6 Å². The smallest absolute Gasteiger partial charge is 0.355 e. The molecule has 1 aromatic heterocycles. The van der Waals surface area contributed by atoms with Crippen molar-refractivity contribution in [3.05, 3.63) is 88.0 Å². The van der Waals surface area contributed by atoms with Crippen LogP contribution in [-0.2, 0) is 27.8 Å². The van der Waals surface area contributed by atoms with Crippen molar-refractivity contribution in [2.45, 2.75) is 45.7 Å². The third kappa shape index (κ3) is 5.08. The Balaban J connectivity index is 2.02. The topological polar surface area (TPSA) is 79.5 Å². The first kappa shape index (κ1) is 23.7. The van der Waals surface area contributed by atoms with Crippen LogP contribution >= 0.6 is 0 Å². The highest BCUT2D eigenvalue weighted by molar-refractivity contribution is 7.89. The maximum atomic E-state index is 13.5. The molecule has 0 bridgehead atoms. The van der Waals surface area contributed by atoms with Gasteiger partial charge in [-0.1, -0.05) is 29.8 Å². The van der Waals surface area contributed by atoms with E-state index < -0.39 is 21.8 Å². The fourth-order valence-corrected chi connectivity index (χ4v) is 4.88. The average Bonchev–Trinajstić information content (AvgIpc) is 3.03. The summed E-state index contributed by atoms with van der Waals surface area (Å²) in [5.41, 5.74) is 4.23. The molecule has 0 aliphatic heterocycles. The lowest BCUT2D eigenvalue weighted by atomic mass is 10.1. The Morgan fingerprint density at radius 2 is 1.62 bits per heavy atom. The van der Waals surface area contributed by atoms with E-state index in [0.29, 0.717) is 22.5 Å². The molecule has 0 spiro atoms. The summed E-state index contributed by atoms with van der Waals surface area (Å²) in [5, 5.41) is 0. The number of benzene rings is 2. The van der Waals surface area contributed by atoms with E-state index in [1.54, 1.807) is 20.8 Å². The molecule has 3 aromatic rings. The SMILES string of the molecule is CCOC(=O)c1[nH]c(C)c(CN(Cc2ccc(C)cc2)S(=O)(=O)c2ccc(F)cc2)c1C. The third-order valence-electron chi connectivity index (χ3n) is 5.34. The zero-order chi connectivity index (χ0) is 23.5. The number of carbonyl (C=O) groups is 1. The quantitative estimate of drug-likeness (QED) is 0.499. The minimum absolute atomic E-state index is 0.00229. The number of aryl methyl sites for hydroxylation is 2. The van der Waals surface area contributed by atoms with Crippen LogP contribution in [0.3, 0.4) is 0 Å². The lowest BCUT2D eigenvalue weighted by Crippen LogP contribution is -2.30. The van der Waals surface area contributed by atoms with Crippen molar-refractivity contribution in [2.75, 3.05) is 6.61 Å². The predicted molar refractivity (Wildman–Crippen MR) is 120 cm³/mol. The zero-order valence-electron chi connectivity index (χ0n) is 18.6. The molecule has 0 saturated carbocycles. The van der Waals surface area contributed by atoms with E-state index in [4.69, 9.17) is 4.74 Å². The summed E-state index contributed by atoms with van der Waals surface area (Å²) in [6.45, 7) is 7.65. The molecule has 0 unspecified atom stereocenters. The first-order chi connectivity index (χ1) is 15.1. The van der Waals surface area contributed by atoms with Crippen molar-refractivity contribution in [3.63, 3.8) is 0 Å².